The second-order valence-electron chi connectivity index (χ2n) is 5.00. The van der Waals surface area contributed by atoms with Gasteiger partial charge in [-0.15, -0.1) is 0 Å². The fraction of sp³-hybridized carbons (Fsp3) is 0.571. The van der Waals surface area contributed by atoms with Crippen LogP contribution in [0, 0.1) is 0 Å². The predicted octanol–water partition coefficient (Wildman–Crippen LogP) is 5.04. The monoisotopic (exact) mass is 286 g/mol. The zero-order valence-corrected chi connectivity index (χ0v) is 12.4. The van der Waals surface area contributed by atoms with Crippen molar-refractivity contribution >= 4 is 17.7 Å². The molecule has 0 unspecified atom stereocenters. The maximum absolute atomic E-state index is 12.6. The molecule has 0 N–H and O–H groups in total. The van der Waals surface area contributed by atoms with E-state index in [-0.39, 0.29) is 5.66 Å². The molecule has 0 bridgehead atoms. The first-order chi connectivity index (χ1) is 8.62. The Labute approximate surface area is 114 Å². The van der Waals surface area contributed by atoms with Crippen molar-refractivity contribution in [3.8, 4) is 5.75 Å². The molecule has 0 radical (unpaired) electrons. The number of hydrogen-bond acceptors (Lipinski definition) is 2. The van der Waals surface area contributed by atoms with Crippen LogP contribution in [0.3, 0.4) is 0 Å². The molecule has 1 saturated carbocycles. The molecular formula is C14H20ClO2P. The first-order valence-electron chi connectivity index (χ1n) is 6.53. The summed E-state index contributed by atoms with van der Waals surface area (Å²) in [6.45, 7) is -2.58. The van der Waals surface area contributed by atoms with Gasteiger partial charge >= 0.3 is 0 Å². The molecule has 0 spiro atoms. The summed E-state index contributed by atoms with van der Waals surface area (Å²) >= 11 is 6.35. The van der Waals surface area contributed by atoms with Crippen LogP contribution in [0.1, 0.15) is 37.7 Å². The lowest BCUT2D eigenvalue weighted by molar-refractivity contribution is 0.414. The number of rotatable bonds is 4. The summed E-state index contributed by atoms with van der Waals surface area (Å²) in [5, 5.41) is 0. The van der Waals surface area contributed by atoms with Crippen molar-refractivity contribution < 1.29 is 9.30 Å². The van der Waals surface area contributed by atoms with Gasteiger partial charge in [0.25, 0.3) is 0 Å². The molecule has 1 aromatic rings. The fourth-order valence-electron chi connectivity index (χ4n) is 2.58. The maximum Gasteiger partial charge on any atom is 0.176 e. The predicted molar refractivity (Wildman–Crippen MR) is 77.0 cm³/mol. The summed E-state index contributed by atoms with van der Waals surface area (Å²) in [6.07, 6.45) is 6.15. The van der Waals surface area contributed by atoms with Crippen LogP contribution >= 0.6 is 17.7 Å². The van der Waals surface area contributed by atoms with E-state index in [9.17, 15) is 4.57 Å². The second-order valence-corrected chi connectivity index (χ2v) is 9.17. The van der Waals surface area contributed by atoms with Gasteiger partial charge in [-0.05, 0) is 30.5 Å². The molecule has 1 aliphatic carbocycles. The fourth-order valence-corrected chi connectivity index (χ4v) is 5.68. The van der Waals surface area contributed by atoms with Gasteiger partial charge in [0.2, 0.25) is 0 Å². The van der Waals surface area contributed by atoms with Crippen LogP contribution < -0.4 is 4.74 Å². The minimum absolute atomic E-state index is 0.218. The Morgan fingerprint density at radius 3 is 2.39 bits per heavy atom. The molecule has 4 heteroatoms. The molecule has 0 aromatic heterocycles. The van der Waals surface area contributed by atoms with Crippen LogP contribution in [0.2, 0.25) is 0 Å². The molecule has 0 aliphatic heterocycles. The van der Waals surface area contributed by atoms with Gasteiger partial charge in [-0.3, -0.25) is 0 Å². The highest BCUT2D eigenvalue weighted by Gasteiger charge is 2.31. The van der Waals surface area contributed by atoms with Gasteiger partial charge in [-0.1, -0.05) is 42.6 Å². The molecular weight excluding hydrogens is 267 g/mol. The van der Waals surface area contributed by atoms with Crippen molar-refractivity contribution in [2.45, 2.75) is 43.9 Å². The molecule has 0 saturated heterocycles. The van der Waals surface area contributed by atoms with E-state index in [1.807, 2.05) is 24.3 Å². The average Bonchev–Trinajstić information content (AvgIpc) is 2.40. The normalized spacial score (nSPS) is 20.3. The molecule has 1 aromatic carbocycles. The Balaban J connectivity index is 2.03. The second kappa shape index (κ2) is 6.12. The minimum atomic E-state index is -2.58. The molecule has 0 amide bonds. The Kier molecular flexibility index (Phi) is 4.75. The molecule has 0 heterocycles. The number of halogens is 1. The standard InChI is InChI=1S/C14H20ClO2P/c1-17-13-9-7-12(8-10-13)11-18(15,16)14-5-3-2-4-6-14/h7-10,14H,2-6,11H2,1H3/t18-/m1/s1. The minimum Gasteiger partial charge on any atom is -0.497 e. The number of hydrogen-bond donors (Lipinski definition) is 0. The van der Waals surface area contributed by atoms with Gasteiger partial charge in [-0.2, -0.15) is 0 Å². The molecule has 1 aliphatic rings. The molecule has 100 valence electrons. The quantitative estimate of drug-likeness (QED) is 0.724. The van der Waals surface area contributed by atoms with Crippen molar-refractivity contribution in [2.24, 2.45) is 0 Å². The number of methoxy groups -OCH3 is 1. The zero-order valence-electron chi connectivity index (χ0n) is 10.8. The van der Waals surface area contributed by atoms with Gasteiger partial charge in [0.15, 0.2) is 6.49 Å². The van der Waals surface area contributed by atoms with E-state index in [1.165, 1.54) is 19.3 Å². The molecule has 1 atom stereocenters. The SMILES string of the molecule is COc1ccc(C[P@](=O)(Cl)C2CCCCC2)cc1. The smallest absolute Gasteiger partial charge is 0.176 e. The van der Waals surface area contributed by atoms with Crippen molar-refractivity contribution in [2.75, 3.05) is 7.11 Å². The lowest BCUT2D eigenvalue weighted by atomic mass is 10.0. The van der Waals surface area contributed by atoms with Crippen molar-refractivity contribution in [1.29, 1.82) is 0 Å². The van der Waals surface area contributed by atoms with Gasteiger partial charge in [-0.25, -0.2) is 0 Å². The summed E-state index contributed by atoms with van der Waals surface area (Å²) in [4.78, 5) is 0. The highest BCUT2D eigenvalue weighted by molar-refractivity contribution is 7.89. The number of benzene rings is 1. The van der Waals surface area contributed by atoms with Crippen LogP contribution in [0.25, 0.3) is 0 Å². The van der Waals surface area contributed by atoms with E-state index in [2.05, 4.69) is 0 Å². The van der Waals surface area contributed by atoms with E-state index in [0.717, 1.165) is 24.2 Å². The van der Waals surface area contributed by atoms with Crippen LogP contribution in [0.15, 0.2) is 24.3 Å². The van der Waals surface area contributed by atoms with Gasteiger partial charge in [0, 0.05) is 11.8 Å². The molecule has 18 heavy (non-hydrogen) atoms. The van der Waals surface area contributed by atoms with E-state index in [4.69, 9.17) is 16.0 Å². The van der Waals surface area contributed by atoms with Crippen LogP contribution in [-0.4, -0.2) is 12.8 Å². The van der Waals surface area contributed by atoms with E-state index in [1.54, 1.807) is 7.11 Å². The zero-order chi connectivity index (χ0) is 13.0. The summed E-state index contributed by atoms with van der Waals surface area (Å²) in [5.41, 5.74) is 1.26. The van der Waals surface area contributed by atoms with Crippen LogP contribution in [-0.2, 0) is 10.7 Å². The van der Waals surface area contributed by atoms with E-state index >= 15 is 0 Å². The Morgan fingerprint density at radius 2 is 1.83 bits per heavy atom. The van der Waals surface area contributed by atoms with Crippen molar-refractivity contribution in [3.05, 3.63) is 29.8 Å². The topological polar surface area (TPSA) is 26.3 Å². The van der Waals surface area contributed by atoms with Crippen LogP contribution in [0.4, 0.5) is 0 Å². The maximum atomic E-state index is 12.6. The third kappa shape index (κ3) is 3.52. The van der Waals surface area contributed by atoms with E-state index in [0.29, 0.717) is 6.16 Å². The Hall–Kier alpha value is -0.460. The highest BCUT2D eigenvalue weighted by atomic mass is 35.7. The average molecular weight is 287 g/mol. The van der Waals surface area contributed by atoms with Gasteiger partial charge < -0.3 is 9.30 Å². The van der Waals surface area contributed by atoms with Crippen LogP contribution in [0.5, 0.6) is 5.75 Å². The van der Waals surface area contributed by atoms with Crippen molar-refractivity contribution in [3.63, 3.8) is 0 Å². The summed E-state index contributed by atoms with van der Waals surface area (Å²) in [7, 11) is 1.64. The first kappa shape index (κ1) is 14.0. The first-order valence-corrected chi connectivity index (χ1v) is 9.40. The Morgan fingerprint density at radius 1 is 1.22 bits per heavy atom. The lowest BCUT2D eigenvalue weighted by Gasteiger charge is -2.26. The van der Waals surface area contributed by atoms with Gasteiger partial charge in [0.05, 0.1) is 7.11 Å². The Bertz CT molecular complexity index is 424. The highest BCUT2D eigenvalue weighted by Crippen LogP contribution is 2.62. The molecule has 2 nitrogen and oxygen atoms in total. The molecule has 1 fully saturated rings. The molecule has 2 rings (SSSR count). The summed E-state index contributed by atoms with van der Waals surface area (Å²) in [5.74, 6) is 0.820. The van der Waals surface area contributed by atoms with Gasteiger partial charge in [0.1, 0.15) is 5.75 Å². The lowest BCUT2D eigenvalue weighted by Crippen LogP contribution is -2.11. The number of ether oxygens (including phenoxy) is 1. The van der Waals surface area contributed by atoms with E-state index < -0.39 is 6.49 Å². The third-order valence-electron chi connectivity index (χ3n) is 3.68. The third-order valence-corrected chi connectivity index (χ3v) is 7.27. The summed E-state index contributed by atoms with van der Waals surface area (Å²) in [6, 6.07) is 7.70. The largest absolute Gasteiger partial charge is 0.497 e. The van der Waals surface area contributed by atoms with Crippen molar-refractivity contribution in [1.82, 2.24) is 0 Å². The summed E-state index contributed by atoms with van der Waals surface area (Å²) < 4.78 is 17.7.